The number of aliphatic hydroxyl groups excluding tert-OH is 3. The minimum absolute atomic E-state index is 0.162. The Labute approximate surface area is 267 Å². The maximum absolute atomic E-state index is 12.3. The van der Waals surface area contributed by atoms with E-state index in [1.54, 1.807) is 0 Å². The second-order valence-corrected chi connectivity index (χ2v) is 12.8. The third-order valence-corrected chi connectivity index (χ3v) is 8.53. The molecule has 0 saturated carbocycles. The van der Waals surface area contributed by atoms with Crippen molar-refractivity contribution in [1.29, 1.82) is 0 Å². The molecule has 0 aliphatic heterocycles. The first-order valence-corrected chi connectivity index (χ1v) is 18.6. The summed E-state index contributed by atoms with van der Waals surface area (Å²) in [5.41, 5.74) is 0. The molecule has 0 fully saturated rings. The van der Waals surface area contributed by atoms with Gasteiger partial charge in [-0.25, -0.2) is 0 Å². The number of nitrogens with one attached hydrogen (secondary N) is 1. The third kappa shape index (κ3) is 29.3. The Bertz CT molecular complexity index is 635. The van der Waals surface area contributed by atoms with Crippen molar-refractivity contribution in [3.63, 3.8) is 0 Å². The molecule has 4 N–H and O–H groups in total. The van der Waals surface area contributed by atoms with Crippen molar-refractivity contribution in [2.45, 2.75) is 205 Å². The summed E-state index contributed by atoms with van der Waals surface area (Å²) in [6.45, 7) is 4.13. The first-order valence-electron chi connectivity index (χ1n) is 18.6. The molecule has 43 heavy (non-hydrogen) atoms. The van der Waals surface area contributed by atoms with E-state index in [-0.39, 0.29) is 12.5 Å². The molecule has 0 radical (unpaired) electrons. The number of aliphatic hydroxyl groups is 3. The number of hydrogen-bond acceptors (Lipinski definition) is 4. The minimum Gasteiger partial charge on any atom is -0.394 e. The highest BCUT2D eigenvalue weighted by atomic mass is 16.3. The van der Waals surface area contributed by atoms with Crippen LogP contribution in [-0.2, 0) is 4.79 Å². The molecule has 0 spiro atoms. The molecule has 1 amide bonds. The first-order chi connectivity index (χ1) is 21.1. The van der Waals surface area contributed by atoms with Crippen LogP contribution in [0, 0.1) is 0 Å². The van der Waals surface area contributed by atoms with E-state index < -0.39 is 18.2 Å². The summed E-state index contributed by atoms with van der Waals surface area (Å²) < 4.78 is 0. The van der Waals surface area contributed by atoms with Crippen LogP contribution in [0.3, 0.4) is 0 Å². The lowest BCUT2D eigenvalue weighted by Gasteiger charge is -2.26. The van der Waals surface area contributed by atoms with Crippen molar-refractivity contribution >= 4 is 5.91 Å². The highest BCUT2D eigenvalue weighted by Gasteiger charge is 2.26. The summed E-state index contributed by atoms with van der Waals surface area (Å²) in [5, 5.41) is 33.3. The minimum atomic E-state index is -1.16. The molecule has 0 bridgehead atoms. The predicted octanol–water partition coefficient (Wildman–Crippen LogP) is 9.87. The van der Waals surface area contributed by atoms with Crippen molar-refractivity contribution in [2.75, 3.05) is 6.61 Å². The number of hydrogen-bond donors (Lipinski definition) is 4. The van der Waals surface area contributed by atoms with Gasteiger partial charge in [0.1, 0.15) is 6.10 Å². The molecule has 0 aromatic heterocycles. The average molecular weight is 608 g/mol. The van der Waals surface area contributed by atoms with Gasteiger partial charge in [0.25, 0.3) is 0 Å². The number of allylic oxidation sites excluding steroid dienone is 4. The smallest absolute Gasteiger partial charge is 0.220 e. The molecule has 0 rings (SSSR count). The average Bonchev–Trinajstić information content (AvgIpc) is 3.01. The van der Waals surface area contributed by atoms with Crippen LogP contribution in [0.2, 0.25) is 0 Å². The van der Waals surface area contributed by atoms with Crippen LogP contribution < -0.4 is 5.32 Å². The summed E-state index contributed by atoms with van der Waals surface area (Å²) in [6.07, 6.45) is 38.4. The van der Waals surface area contributed by atoms with Crippen LogP contribution in [0.25, 0.3) is 0 Å². The zero-order valence-corrected chi connectivity index (χ0v) is 28.6. The van der Waals surface area contributed by atoms with Crippen LogP contribution in [0.4, 0.5) is 0 Å². The van der Waals surface area contributed by atoms with Gasteiger partial charge < -0.3 is 20.6 Å². The molecular weight excluding hydrogens is 534 g/mol. The van der Waals surface area contributed by atoms with E-state index in [9.17, 15) is 20.1 Å². The van der Waals surface area contributed by atoms with Crippen molar-refractivity contribution in [3.05, 3.63) is 24.3 Å². The number of carbonyl (C=O) groups is 1. The summed E-state index contributed by atoms with van der Waals surface area (Å²) in [4.78, 5) is 12.3. The van der Waals surface area contributed by atoms with Crippen LogP contribution in [-0.4, -0.2) is 46.1 Å². The second kappa shape index (κ2) is 33.7. The quantitative estimate of drug-likeness (QED) is 0.0441. The van der Waals surface area contributed by atoms with Crippen LogP contribution >= 0.6 is 0 Å². The highest BCUT2D eigenvalue weighted by Crippen LogP contribution is 2.13. The Kier molecular flexibility index (Phi) is 32.8. The van der Waals surface area contributed by atoms with Gasteiger partial charge in [-0.2, -0.15) is 0 Å². The molecule has 0 unspecified atom stereocenters. The van der Waals surface area contributed by atoms with E-state index in [2.05, 4.69) is 43.5 Å². The van der Waals surface area contributed by atoms with Gasteiger partial charge in [0.2, 0.25) is 5.91 Å². The molecule has 5 nitrogen and oxygen atoms in total. The van der Waals surface area contributed by atoms with Crippen LogP contribution in [0.1, 0.15) is 187 Å². The summed E-state index contributed by atoms with van der Waals surface area (Å²) in [5.74, 6) is -0.162. The number of rotatable bonds is 33. The fraction of sp³-hybridized carbons (Fsp3) is 0.868. The molecule has 0 saturated heterocycles. The molecule has 0 aliphatic rings. The maximum atomic E-state index is 12.3. The van der Waals surface area contributed by atoms with Gasteiger partial charge in [0.05, 0.1) is 18.8 Å². The van der Waals surface area contributed by atoms with E-state index in [4.69, 9.17) is 0 Å². The second-order valence-electron chi connectivity index (χ2n) is 12.8. The van der Waals surface area contributed by atoms with Gasteiger partial charge in [0, 0.05) is 6.42 Å². The van der Waals surface area contributed by atoms with Gasteiger partial charge in [-0.3, -0.25) is 4.79 Å². The fourth-order valence-corrected chi connectivity index (χ4v) is 5.57. The first kappa shape index (κ1) is 41.8. The van der Waals surface area contributed by atoms with Gasteiger partial charge in [-0.05, 0) is 64.2 Å². The SMILES string of the molecule is CCCCCCCCCC=CCCC[C@@H](O)[C@@H](O)[C@H](CO)NC(=O)CCCCCCCC/C=C\CCCCCCCCC. The predicted molar refractivity (Wildman–Crippen MR) is 185 cm³/mol. The van der Waals surface area contributed by atoms with E-state index in [1.807, 2.05) is 0 Å². The Hall–Kier alpha value is -1.17. The maximum Gasteiger partial charge on any atom is 0.220 e. The van der Waals surface area contributed by atoms with E-state index >= 15 is 0 Å². The zero-order chi connectivity index (χ0) is 31.6. The Balaban J connectivity index is 3.73. The third-order valence-electron chi connectivity index (χ3n) is 8.53. The molecule has 0 aliphatic carbocycles. The molecule has 5 heteroatoms. The molecule has 0 aromatic rings. The molecule has 0 heterocycles. The standard InChI is InChI=1S/C38H73NO4/c1-3-5-7-9-11-13-15-17-18-19-20-21-23-25-27-29-31-33-37(42)39-35(34-40)38(43)36(41)32-30-28-26-24-22-16-14-12-10-8-6-4-2/h18-19,24,26,35-36,38,40-41,43H,3-17,20-23,25,27-34H2,1-2H3,(H,39,42)/b19-18-,26-24?/t35-,36+,38-/m0/s1. The summed E-state index contributed by atoms with van der Waals surface area (Å²) >= 11 is 0. The number of carbonyl (C=O) groups excluding carboxylic acids is 1. The highest BCUT2D eigenvalue weighted by molar-refractivity contribution is 5.76. The van der Waals surface area contributed by atoms with E-state index in [1.165, 1.54) is 122 Å². The van der Waals surface area contributed by atoms with Gasteiger partial charge in [-0.1, -0.05) is 141 Å². The van der Waals surface area contributed by atoms with E-state index in [0.29, 0.717) is 12.8 Å². The van der Waals surface area contributed by atoms with Crippen molar-refractivity contribution in [2.24, 2.45) is 0 Å². The molecule has 0 aromatic carbocycles. The molecule has 254 valence electrons. The largest absolute Gasteiger partial charge is 0.394 e. The summed E-state index contributed by atoms with van der Waals surface area (Å²) in [7, 11) is 0. The normalized spacial score (nSPS) is 14.1. The molecular formula is C38H73NO4. The van der Waals surface area contributed by atoms with Gasteiger partial charge in [-0.15, -0.1) is 0 Å². The lowest BCUT2D eigenvalue weighted by atomic mass is 10.0. The molecule has 3 atom stereocenters. The van der Waals surface area contributed by atoms with Crippen LogP contribution in [0.15, 0.2) is 24.3 Å². The topological polar surface area (TPSA) is 89.8 Å². The van der Waals surface area contributed by atoms with Gasteiger partial charge in [0.15, 0.2) is 0 Å². The lowest BCUT2D eigenvalue weighted by Crippen LogP contribution is -2.50. The Morgan fingerprint density at radius 3 is 1.35 bits per heavy atom. The van der Waals surface area contributed by atoms with Gasteiger partial charge >= 0.3 is 0 Å². The number of unbranched alkanes of at least 4 members (excludes halogenated alkanes) is 21. The van der Waals surface area contributed by atoms with Crippen molar-refractivity contribution in [1.82, 2.24) is 5.32 Å². The zero-order valence-electron chi connectivity index (χ0n) is 28.6. The van der Waals surface area contributed by atoms with Crippen molar-refractivity contribution in [3.8, 4) is 0 Å². The summed E-state index contributed by atoms with van der Waals surface area (Å²) in [6, 6.07) is -0.825. The number of amides is 1. The Morgan fingerprint density at radius 2 is 0.930 bits per heavy atom. The fourth-order valence-electron chi connectivity index (χ4n) is 5.57. The monoisotopic (exact) mass is 608 g/mol. The lowest BCUT2D eigenvalue weighted by molar-refractivity contribution is -0.124. The van der Waals surface area contributed by atoms with Crippen molar-refractivity contribution < 1.29 is 20.1 Å². The van der Waals surface area contributed by atoms with E-state index in [0.717, 1.165) is 38.5 Å². The Morgan fingerprint density at radius 1 is 0.558 bits per heavy atom. The van der Waals surface area contributed by atoms with Crippen LogP contribution in [0.5, 0.6) is 0 Å².